The molecule has 0 unspecified atom stereocenters. The Morgan fingerprint density at radius 1 is 0.889 bits per heavy atom. The number of sulfonamides is 1. The van der Waals surface area contributed by atoms with Crippen molar-refractivity contribution in [2.75, 3.05) is 33.0 Å². The molecule has 0 atom stereocenters. The number of aryl methyl sites for hydroxylation is 1. The summed E-state index contributed by atoms with van der Waals surface area (Å²) in [6, 6.07) is 13.0. The minimum Gasteiger partial charge on any atom is -0.454 e. The van der Waals surface area contributed by atoms with Crippen LogP contribution in [0.2, 0.25) is 0 Å². The maximum absolute atomic E-state index is 12.8. The molecule has 2 fully saturated rings. The van der Waals surface area contributed by atoms with E-state index >= 15 is 0 Å². The molecule has 0 radical (unpaired) electrons. The molecule has 1 N–H and O–H groups in total. The van der Waals surface area contributed by atoms with Gasteiger partial charge in [0.25, 0.3) is 0 Å². The Kier molecular flexibility index (Phi) is 7.79. The maximum Gasteiger partial charge on any atom is 0.240 e. The van der Waals surface area contributed by atoms with Crippen molar-refractivity contribution in [3.05, 3.63) is 53.6 Å². The topological polar surface area (TPSA) is 88.2 Å². The summed E-state index contributed by atoms with van der Waals surface area (Å²) in [6.45, 7) is 4.20. The van der Waals surface area contributed by atoms with Crippen LogP contribution in [0.5, 0.6) is 11.5 Å². The Bertz CT molecular complexity index is 1150. The second-order valence-electron chi connectivity index (χ2n) is 9.94. The van der Waals surface area contributed by atoms with Gasteiger partial charge in [-0.1, -0.05) is 37.5 Å². The molecule has 1 saturated carbocycles. The molecule has 8 nitrogen and oxygen atoms in total. The first-order valence-corrected chi connectivity index (χ1v) is 14.4. The molecule has 5 rings (SSSR count). The van der Waals surface area contributed by atoms with Crippen LogP contribution in [-0.4, -0.2) is 63.1 Å². The average molecular weight is 514 g/mol. The van der Waals surface area contributed by atoms with Gasteiger partial charge in [0.15, 0.2) is 11.5 Å². The van der Waals surface area contributed by atoms with Crippen molar-refractivity contribution in [2.24, 2.45) is 0 Å². The van der Waals surface area contributed by atoms with Crippen molar-refractivity contribution >= 4 is 15.9 Å². The number of amides is 1. The summed E-state index contributed by atoms with van der Waals surface area (Å²) in [5, 5.41) is 0. The molecular weight excluding hydrogens is 478 g/mol. The highest BCUT2D eigenvalue weighted by atomic mass is 32.2. The SMILES string of the molecule is O=C(CCc1ccc(S(=O)(=O)NC2CCCCC2)cc1)N1CCN(Cc2ccc3c(c2)OCO3)CC1. The van der Waals surface area contributed by atoms with E-state index in [4.69, 9.17) is 9.47 Å². The number of fused-ring (bicyclic) bond motifs is 1. The number of hydrogen-bond acceptors (Lipinski definition) is 6. The third-order valence-corrected chi connectivity index (χ3v) is 8.89. The van der Waals surface area contributed by atoms with Crippen LogP contribution in [0.4, 0.5) is 0 Å². The molecular formula is C27H35N3O5S. The first kappa shape index (κ1) is 25.0. The standard InChI is InChI=1S/C27H35N3O5S/c31-27(30-16-14-29(15-17-30)19-22-8-12-25-26(18-22)35-20-34-25)13-9-21-6-10-24(11-7-21)36(32,33)28-23-4-2-1-3-5-23/h6-8,10-12,18,23,28H,1-5,9,13-17,19-20H2. The second-order valence-corrected chi connectivity index (χ2v) is 11.7. The van der Waals surface area contributed by atoms with Gasteiger partial charge in [-0.25, -0.2) is 13.1 Å². The van der Waals surface area contributed by atoms with Crippen molar-refractivity contribution in [1.29, 1.82) is 0 Å². The number of rotatable bonds is 8. The molecule has 36 heavy (non-hydrogen) atoms. The monoisotopic (exact) mass is 513 g/mol. The molecule has 1 aliphatic carbocycles. The van der Waals surface area contributed by atoms with Gasteiger partial charge in [0.1, 0.15) is 0 Å². The minimum atomic E-state index is -3.50. The summed E-state index contributed by atoms with van der Waals surface area (Å²) in [5.41, 5.74) is 2.15. The fraction of sp³-hybridized carbons (Fsp3) is 0.519. The lowest BCUT2D eigenvalue weighted by molar-refractivity contribution is -0.133. The van der Waals surface area contributed by atoms with Crippen molar-refractivity contribution in [3.63, 3.8) is 0 Å². The Balaban J connectivity index is 1.06. The van der Waals surface area contributed by atoms with Crippen LogP contribution in [0, 0.1) is 0 Å². The molecule has 2 heterocycles. The maximum atomic E-state index is 12.8. The van der Waals surface area contributed by atoms with Gasteiger partial charge in [-0.05, 0) is 54.7 Å². The van der Waals surface area contributed by atoms with E-state index in [2.05, 4.69) is 15.7 Å². The van der Waals surface area contributed by atoms with Gasteiger partial charge in [-0.3, -0.25) is 9.69 Å². The molecule has 194 valence electrons. The Labute approximate surface area is 213 Å². The molecule has 2 aliphatic heterocycles. The van der Waals surface area contributed by atoms with Crippen molar-refractivity contribution in [2.45, 2.75) is 62.4 Å². The third kappa shape index (κ3) is 6.19. The van der Waals surface area contributed by atoms with Crippen LogP contribution in [0.25, 0.3) is 0 Å². The van der Waals surface area contributed by atoms with E-state index in [0.29, 0.717) is 30.8 Å². The van der Waals surface area contributed by atoms with E-state index in [1.165, 1.54) is 12.0 Å². The predicted molar refractivity (Wildman–Crippen MR) is 136 cm³/mol. The highest BCUT2D eigenvalue weighted by molar-refractivity contribution is 7.89. The number of piperazine rings is 1. The summed E-state index contributed by atoms with van der Waals surface area (Å²) in [7, 11) is -3.50. The number of benzene rings is 2. The van der Waals surface area contributed by atoms with Gasteiger partial charge in [0.05, 0.1) is 4.90 Å². The zero-order chi connectivity index (χ0) is 25.0. The lowest BCUT2D eigenvalue weighted by atomic mass is 9.96. The molecule has 2 aromatic rings. The molecule has 3 aliphatic rings. The van der Waals surface area contributed by atoms with Crippen LogP contribution >= 0.6 is 0 Å². The Hall–Kier alpha value is -2.62. The van der Waals surface area contributed by atoms with Gasteiger partial charge in [0.2, 0.25) is 22.7 Å². The van der Waals surface area contributed by atoms with Crippen molar-refractivity contribution in [3.8, 4) is 11.5 Å². The van der Waals surface area contributed by atoms with Gasteiger partial charge in [-0.2, -0.15) is 0 Å². The highest BCUT2D eigenvalue weighted by Gasteiger charge is 2.23. The van der Waals surface area contributed by atoms with Crippen molar-refractivity contribution < 1.29 is 22.7 Å². The molecule has 0 aromatic heterocycles. The summed E-state index contributed by atoms with van der Waals surface area (Å²) in [5.74, 6) is 1.74. The van der Waals surface area contributed by atoms with Gasteiger partial charge in [-0.15, -0.1) is 0 Å². The van der Waals surface area contributed by atoms with Gasteiger partial charge >= 0.3 is 0 Å². The van der Waals surface area contributed by atoms with Crippen LogP contribution < -0.4 is 14.2 Å². The van der Waals surface area contributed by atoms with E-state index in [1.54, 1.807) is 12.1 Å². The quantitative estimate of drug-likeness (QED) is 0.583. The zero-order valence-electron chi connectivity index (χ0n) is 20.7. The first-order chi connectivity index (χ1) is 17.5. The number of hydrogen-bond donors (Lipinski definition) is 1. The average Bonchev–Trinajstić information content (AvgIpc) is 3.36. The Morgan fingerprint density at radius 3 is 2.33 bits per heavy atom. The summed E-state index contributed by atoms with van der Waals surface area (Å²) < 4.78 is 39.1. The van der Waals surface area contributed by atoms with Crippen LogP contribution in [0.1, 0.15) is 49.7 Å². The third-order valence-electron chi connectivity index (χ3n) is 7.36. The summed E-state index contributed by atoms with van der Waals surface area (Å²) in [4.78, 5) is 17.4. The molecule has 2 aromatic carbocycles. The number of carbonyl (C=O) groups excluding carboxylic acids is 1. The molecule has 1 saturated heterocycles. The number of nitrogens with one attached hydrogen (secondary N) is 1. The molecule has 9 heteroatoms. The predicted octanol–water partition coefficient (Wildman–Crippen LogP) is 3.30. The van der Waals surface area contributed by atoms with E-state index in [0.717, 1.165) is 62.4 Å². The zero-order valence-corrected chi connectivity index (χ0v) is 21.5. The smallest absolute Gasteiger partial charge is 0.240 e. The largest absolute Gasteiger partial charge is 0.454 e. The van der Waals surface area contributed by atoms with Crippen molar-refractivity contribution in [1.82, 2.24) is 14.5 Å². The number of carbonyl (C=O) groups is 1. The number of ether oxygens (including phenoxy) is 2. The Morgan fingerprint density at radius 2 is 1.58 bits per heavy atom. The van der Waals surface area contributed by atoms with E-state index in [1.807, 2.05) is 29.2 Å². The fourth-order valence-electron chi connectivity index (χ4n) is 5.21. The van der Waals surface area contributed by atoms with Crippen LogP contribution in [0.3, 0.4) is 0 Å². The minimum absolute atomic E-state index is 0.0403. The molecule has 0 spiro atoms. The van der Waals surface area contributed by atoms with E-state index < -0.39 is 10.0 Å². The summed E-state index contributed by atoms with van der Waals surface area (Å²) in [6.07, 6.45) is 6.19. The lowest BCUT2D eigenvalue weighted by Crippen LogP contribution is -2.48. The van der Waals surface area contributed by atoms with E-state index in [-0.39, 0.29) is 18.7 Å². The van der Waals surface area contributed by atoms with Gasteiger partial charge in [0, 0.05) is 45.2 Å². The normalized spacial score (nSPS) is 18.9. The first-order valence-electron chi connectivity index (χ1n) is 13.0. The second kappa shape index (κ2) is 11.2. The van der Waals surface area contributed by atoms with Gasteiger partial charge < -0.3 is 14.4 Å². The summed E-state index contributed by atoms with van der Waals surface area (Å²) >= 11 is 0. The molecule has 0 bridgehead atoms. The highest BCUT2D eigenvalue weighted by Crippen LogP contribution is 2.33. The van der Waals surface area contributed by atoms with Crippen LogP contribution in [0.15, 0.2) is 47.4 Å². The fourth-order valence-corrected chi connectivity index (χ4v) is 6.51. The number of nitrogens with zero attached hydrogens (tertiary/aromatic N) is 2. The van der Waals surface area contributed by atoms with E-state index in [9.17, 15) is 13.2 Å². The lowest BCUT2D eigenvalue weighted by Gasteiger charge is -2.35. The van der Waals surface area contributed by atoms with Crippen LogP contribution in [-0.2, 0) is 27.8 Å². The molecule has 1 amide bonds.